The smallest absolute Gasteiger partial charge is 0.123 e. The summed E-state index contributed by atoms with van der Waals surface area (Å²) in [5.74, 6) is -0.124. The van der Waals surface area contributed by atoms with Crippen molar-refractivity contribution in [2.45, 2.75) is 38.1 Å². The summed E-state index contributed by atoms with van der Waals surface area (Å²) in [6.45, 7) is 1.11. The minimum Gasteiger partial charge on any atom is -0.314 e. The molecule has 0 bridgehead atoms. The zero-order valence-electron chi connectivity index (χ0n) is 9.01. The molecule has 0 aliphatic carbocycles. The Morgan fingerprint density at radius 3 is 3.07 bits per heavy atom. The molecule has 0 saturated carbocycles. The van der Waals surface area contributed by atoms with E-state index in [0.29, 0.717) is 6.04 Å². The summed E-state index contributed by atoms with van der Waals surface area (Å²) in [6.07, 6.45) is 6.08. The molecule has 1 aromatic rings. The van der Waals surface area contributed by atoms with Crippen LogP contribution in [0, 0.1) is 5.82 Å². The molecule has 2 heteroatoms. The van der Waals surface area contributed by atoms with Gasteiger partial charge in [0.05, 0.1) is 0 Å². The van der Waals surface area contributed by atoms with E-state index in [-0.39, 0.29) is 5.82 Å². The molecule has 1 unspecified atom stereocenters. The fourth-order valence-corrected chi connectivity index (χ4v) is 2.22. The normalized spacial score (nSPS) is 22.3. The highest BCUT2D eigenvalue weighted by atomic mass is 19.1. The fraction of sp³-hybridized carbons (Fsp3) is 0.538. The lowest BCUT2D eigenvalue weighted by Crippen LogP contribution is -2.30. The number of benzene rings is 1. The Labute approximate surface area is 90.7 Å². The number of hydrogen-bond donors (Lipinski definition) is 1. The van der Waals surface area contributed by atoms with Gasteiger partial charge in [0.25, 0.3) is 0 Å². The van der Waals surface area contributed by atoms with E-state index in [4.69, 9.17) is 0 Å². The molecule has 1 heterocycles. The predicted molar refractivity (Wildman–Crippen MR) is 60.4 cm³/mol. The molecule has 1 atom stereocenters. The van der Waals surface area contributed by atoms with Crippen molar-refractivity contribution in [2.24, 2.45) is 0 Å². The van der Waals surface area contributed by atoms with Crippen molar-refractivity contribution in [3.63, 3.8) is 0 Å². The average Bonchev–Trinajstić information content (AvgIpc) is 2.46. The first-order valence-electron chi connectivity index (χ1n) is 5.82. The van der Waals surface area contributed by atoms with Gasteiger partial charge in [0.15, 0.2) is 0 Å². The van der Waals surface area contributed by atoms with E-state index in [1.54, 1.807) is 12.1 Å². The highest BCUT2D eigenvalue weighted by molar-refractivity contribution is 5.17. The van der Waals surface area contributed by atoms with Crippen molar-refractivity contribution in [1.29, 1.82) is 0 Å². The average molecular weight is 207 g/mol. The summed E-state index contributed by atoms with van der Waals surface area (Å²) < 4.78 is 13.0. The summed E-state index contributed by atoms with van der Waals surface area (Å²) in [5, 5.41) is 3.53. The number of rotatable bonds is 2. The third-order valence-corrected chi connectivity index (χ3v) is 3.03. The zero-order chi connectivity index (χ0) is 10.5. The van der Waals surface area contributed by atoms with E-state index in [2.05, 4.69) is 5.32 Å². The first-order valence-corrected chi connectivity index (χ1v) is 5.82. The molecular formula is C13H18FN. The van der Waals surface area contributed by atoms with Crippen molar-refractivity contribution in [1.82, 2.24) is 5.32 Å². The van der Waals surface area contributed by atoms with Crippen LogP contribution in [0.4, 0.5) is 4.39 Å². The van der Waals surface area contributed by atoms with Crippen molar-refractivity contribution < 1.29 is 4.39 Å². The Morgan fingerprint density at radius 1 is 1.27 bits per heavy atom. The quantitative estimate of drug-likeness (QED) is 0.786. The van der Waals surface area contributed by atoms with E-state index in [1.807, 2.05) is 6.07 Å². The fourth-order valence-electron chi connectivity index (χ4n) is 2.22. The van der Waals surface area contributed by atoms with Gasteiger partial charge >= 0.3 is 0 Å². The number of hydrogen-bond acceptors (Lipinski definition) is 1. The maximum absolute atomic E-state index is 13.0. The first-order chi connectivity index (χ1) is 7.34. The molecule has 82 valence electrons. The van der Waals surface area contributed by atoms with Crippen LogP contribution in [0.15, 0.2) is 24.3 Å². The van der Waals surface area contributed by atoms with Crippen LogP contribution in [-0.4, -0.2) is 12.6 Å². The SMILES string of the molecule is Fc1cccc(CC2CCCCCN2)c1. The van der Waals surface area contributed by atoms with Crippen LogP contribution in [0.1, 0.15) is 31.2 Å². The Balaban J connectivity index is 1.95. The second kappa shape index (κ2) is 5.26. The standard InChI is InChI=1S/C13H18FN/c14-12-6-4-5-11(9-12)10-13-7-2-1-3-8-15-13/h4-6,9,13,15H,1-3,7-8,10H2. The van der Waals surface area contributed by atoms with Gasteiger partial charge in [0, 0.05) is 6.04 Å². The molecule has 1 saturated heterocycles. The van der Waals surface area contributed by atoms with E-state index in [0.717, 1.165) is 18.5 Å². The van der Waals surface area contributed by atoms with Gasteiger partial charge in [-0.1, -0.05) is 25.0 Å². The lowest BCUT2D eigenvalue weighted by Gasteiger charge is -2.15. The third kappa shape index (κ3) is 3.31. The maximum Gasteiger partial charge on any atom is 0.123 e. The van der Waals surface area contributed by atoms with Gasteiger partial charge < -0.3 is 5.32 Å². The van der Waals surface area contributed by atoms with Gasteiger partial charge in [-0.2, -0.15) is 0 Å². The minimum absolute atomic E-state index is 0.124. The molecule has 0 aromatic heterocycles. The Kier molecular flexibility index (Phi) is 3.73. The van der Waals surface area contributed by atoms with Gasteiger partial charge in [0.1, 0.15) is 5.82 Å². The van der Waals surface area contributed by atoms with Gasteiger partial charge in [-0.25, -0.2) is 4.39 Å². The molecular weight excluding hydrogens is 189 g/mol. The summed E-state index contributed by atoms with van der Waals surface area (Å²) >= 11 is 0. The predicted octanol–water partition coefficient (Wildman–Crippen LogP) is 2.90. The third-order valence-electron chi connectivity index (χ3n) is 3.03. The molecule has 1 N–H and O–H groups in total. The van der Waals surface area contributed by atoms with E-state index < -0.39 is 0 Å². The summed E-state index contributed by atoms with van der Waals surface area (Å²) in [5.41, 5.74) is 1.11. The Hall–Kier alpha value is -0.890. The topological polar surface area (TPSA) is 12.0 Å². The molecule has 0 spiro atoms. The van der Waals surface area contributed by atoms with Crippen LogP contribution >= 0.6 is 0 Å². The number of halogens is 1. The maximum atomic E-state index is 13.0. The van der Waals surface area contributed by atoms with E-state index >= 15 is 0 Å². The molecule has 2 rings (SSSR count). The monoisotopic (exact) mass is 207 g/mol. The zero-order valence-corrected chi connectivity index (χ0v) is 9.01. The molecule has 1 aliphatic rings. The van der Waals surface area contributed by atoms with Crippen LogP contribution in [0.25, 0.3) is 0 Å². The van der Waals surface area contributed by atoms with Crippen LogP contribution in [-0.2, 0) is 6.42 Å². The highest BCUT2D eigenvalue weighted by Crippen LogP contribution is 2.13. The van der Waals surface area contributed by atoms with Crippen molar-refractivity contribution in [3.05, 3.63) is 35.6 Å². The Morgan fingerprint density at radius 2 is 2.20 bits per heavy atom. The summed E-state index contributed by atoms with van der Waals surface area (Å²) in [6, 6.07) is 7.49. The molecule has 15 heavy (non-hydrogen) atoms. The van der Waals surface area contributed by atoms with Crippen LogP contribution < -0.4 is 5.32 Å². The molecule has 0 amide bonds. The van der Waals surface area contributed by atoms with Crippen molar-refractivity contribution in [2.75, 3.05) is 6.54 Å². The molecule has 1 aromatic carbocycles. The molecule has 1 aliphatic heterocycles. The van der Waals surface area contributed by atoms with Crippen LogP contribution in [0.2, 0.25) is 0 Å². The van der Waals surface area contributed by atoms with Crippen molar-refractivity contribution in [3.8, 4) is 0 Å². The summed E-state index contributed by atoms with van der Waals surface area (Å²) in [7, 11) is 0. The van der Waals surface area contributed by atoms with Gasteiger partial charge in [0.2, 0.25) is 0 Å². The lowest BCUT2D eigenvalue weighted by molar-refractivity contribution is 0.506. The lowest BCUT2D eigenvalue weighted by atomic mass is 10.0. The van der Waals surface area contributed by atoms with Crippen LogP contribution in [0.3, 0.4) is 0 Å². The summed E-state index contributed by atoms with van der Waals surface area (Å²) in [4.78, 5) is 0. The second-order valence-corrected chi connectivity index (χ2v) is 4.33. The van der Waals surface area contributed by atoms with Gasteiger partial charge in [-0.15, -0.1) is 0 Å². The molecule has 1 fully saturated rings. The second-order valence-electron chi connectivity index (χ2n) is 4.33. The first kappa shape index (κ1) is 10.6. The van der Waals surface area contributed by atoms with Crippen LogP contribution in [0.5, 0.6) is 0 Å². The molecule has 1 nitrogen and oxygen atoms in total. The highest BCUT2D eigenvalue weighted by Gasteiger charge is 2.11. The minimum atomic E-state index is -0.124. The van der Waals surface area contributed by atoms with Crippen molar-refractivity contribution >= 4 is 0 Å². The van der Waals surface area contributed by atoms with E-state index in [9.17, 15) is 4.39 Å². The van der Waals surface area contributed by atoms with Gasteiger partial charge in [-0.05, 0) is 43.5 Å². The van der Waals surface area contributed by atoms with Gasteiger partial charge in [-0.3, -0.25) is 0 Å². The Bertz CT molecular complexity index is 303. The molecule has 0 radical (unpaired) electrons. The largest absolute Gasteiger partial charge is 0.314 e. The number of nitrogens with one attached hydrogen (secondary N) is 1. The van der Waals surface area contributed by atoms with E-state index in [1.165, 1.54) is 31.7 Å².